The van der Waals surface area contributed by atoms with Gasteiger partial charge in [0, 0.05) is 38.8 Å². The molecule has 1 amide bonds. The fourth-order valence-corrected chi connectivity index (χ4v) is 4.23. The van der Waals surface area contributed by atoms with Gasteiger partial charge in [-0.2, -0.15) is 0 Å². The highest BCUT2D eigenvalue weighted by Crippen LogP contribution is 2.33. The molecule has 0 radical (unpaired) electrons. The first-order valence-electron chi connectivity index (χ1n) is 9.17. The van der Waals surface area contributed by atoms with Crippen molar-refractivity contribution in [1.82, 2.24) is 20.4 Å². The number of fused-ring (bicyclic) bond motifs is 1. The van der Waals surface area contributed by atoms with Gasteiger partial charge in [-0.15, -0.1) is 0 Å². The third-order valence-electron chi connectivity index (χ3n) is 5.73. The molecule has 5 nitrogen and oxygen atoms in total. The zero-order valence-corrected chi connectivity index (χ0v) is 14.0. The summed E-state index contributed by atoms with van der Waals surface area (Å²) >= 11 is 0. The van der Waals surface area contributed by atoms with Crippen LogP contribution >= 0.6 is 0 Å². The van der Waals surface area contributed by atoms with Crippen LogP contribution in [-0.2, 0) is 4.79 Å². The van der Waals surface area contributed by atoms with Crippen molar-refractivity contribution in [2.45, 2.75) is 50.6 Å². The van der Waals surface area contributed by atoms with Crippen LogP contribution in [0.2, 0.25) is 0 Å². The molecule has 2 aliphatic heterocycles. The average Bonchev–Trinajstić information content (AvgIpc) is 2.97. The van der Waals surface area contributed by atoms with Crippen molar-refractivity contribution in [1.29, 1.82) is 0 Å². The Labute approximate surface area is 134 Å². The summed E-state index contributed by atoms with van der Waals surface area (Å²) < 4.78 is 0. The van der Waals surface area contributed by atoms with E-state index in [-0.39, 0.29) is 11.9 Å². The topological polar surface area (TPSA) is 47.6 Å². The summed E-state index contributed by atoms with van der Waals surface area (Å²) in [6.07, 6.45) is 7.36. The number of hydrogen-bond donors (Lipinski definition) is 2. The number of likely N-dealkylation sites (N-methyl/N-ethyl adjacent to an activating group) is 1. The summed E-state index contributed by atoms with van der Waals surface area (Å²) in [6, 6.07) is 0.673. The smallest absolute Gasteiger partial charge is 0.237 e. The Morgan fingerprint density at radius 2 is 1.95 bits per heavy atom. The number of piperazine rings is 1. The molecule has 0 aromatic carbocycles. The standard InChI is InChI=1S/C17H32N4O/c1-20-9-11-21(12-10-20)8-4-7-18-17(22)16-13-14-5-2-3-6-15(14)19-16/h14-16,19H,2-13H2,1H3,(H,18,22). The molecule has 1 saturated carbocycles. The van der Waals surface area contributed by atoms with Gasteiger partial charge >= 0.3 is 0 Å². The van der Waals surface area contributed by atoms with Gasteiger partial charge in [0.1, 0.15) is 0 Å². The molecule has 3 fully saturated rings. The van der Waals surface area contributed by atoms with Gasteiger partial charge in [-0.1, -0.05) is 12.8 Å². The molecule has 3 unspecified atom stereocenters. The molecule has 2 saturated heterocycles. The van der Waals surface area contributed by atoms with Crippen LogP contribution < -0.4 is 10.6 Å². The van der Waals surface area contributed by atoms with Crippen LogP contribution in [0.1, 0.15) is 38.5 Å². The highest BCUT2D eigenvalue weighted by molar-refractivity contribution is 5.82. The Kier molecular flexibility index (Phi) is 5.71. The molecule has 2 heterocycles. The minimum Gasteiger partial charge on any atom is -0.355 e. The molecular weight excluding hydrogens is 276 g/mol. The number of rotatable bonds is 5. The largest absolute Gasteiger partial charge is 0.355 e. The van der Waals surface area contributed by atoms with Gasteiger partial charge in [-0.05, 0) is 45.2 Å². The lowest BCUT2D eigenvalue weighted by Crippen LogP contribution is -2.46. The predicted molar refractivity (Wildman–Crippen MR) is 88.9 cm³/mol. The second-order valence-corrected chi connectivity index (χ2v) is 7.40. The summed E-state index contributed by atoms with van der Waals surface area (Å²) in [7, 11) is 2.18. The summed E-state index contributed by atoms with van der Waals surface area (Å²) in [5, 5.41) is 6.70. The average molecular weight is 308 g/mol. The van der Waals surface area contributed by atoms with Gasteiger partial charge in [-0.3, -0.25) is 4.79 Å². The number of carbonyl (C=O) groups excluding carboxylic acids is 1. The molecule has 22 heavy (non-hydrogen) atoms. The van der Waals surface area contributed by atoms with Crippen molar-refractivity contribution in [2.75, 3.05) is 46.3 Å². The quantitative estimate of drug-likeness (QED) is 0.733. The van der Waals surface area contributed by atoms with Gasteiger partial charge in [0.15, 0.2) is 0 Å². The van der Waals surface area contributed by atoms with Crippen LogP contribution in [0.3, 0.4) is 0 Å². The second kappa shape index (κ2) is 7.75. The lowest BCUT2D eigenvalue weighted by Gasteiger charge is -2.32. The number of nitrogens with zero attached hydrogens (tertiary/aromatic N) is 2. The van der Waals surface area contributed by atoms with E-state index >= 15 is 0 Å². The summed E-state index contributed by atoms with van der Waals surface area (Å²) in [5.74, 6) is 0.975. The van der Waals surface area contributed by atoms with E-state index in [4.69, 9.17) is 0 Å². The molecule has 3 atom stereocenters. The lowest BCUT2D eigenvalue weighted by atomic mass is 9.85. The molecule has 2 N–H and O–H groups in total. The van der Waals surface area contributed by atoms with Gasteiger partial charge in [-0.25, -0.2) is 0 Å². The molecule has 0 spiro atoms. The number of amides is 1. The van der Waals surface area contributed by atoms with Crippen LogP contribution in [0.15, 0.2) is 0 Å². The SMILES string of the molecule is CN1CCN(CCCNC(=O)C2CC3CCCCC3N2)CC1. The van der Waals surface area contributed by atoms with Crippen molar-refractivity contribution < 1.29 is 4.79 Å². The van der Waals surface area contributed by atoms with Crippen molar-refractivity contribution in [3.8, 4) is 0 Å². The van der Waals surface area contributed by atoms with Crippen LogP contribution in [0.25, 0.3) is 0 Å². The summed E-state index contributed by atoms with van der Waals surface area (Å²) in [6.45, 7) is 6.59. The fraction of sp³-hybridized carbons (Fsp3) is 0.941. The van der Waals surface area contributed by atoms with E-state index in [9.17, 15) is 4.79 Å². The zero-order chi connectivity index (χ0) is 15.4. The van der Waals surface area contributed by atoms with Crippen molar-refractivity contribution in [3.63, 3.8) is 0 Å². The first kappa shape index (κ1) is 16.2. The van der Waals surface area contributed by atoms with Crippen LogP contribution in [0.5, 0.6) is 0 Å². The van der Waals surface area contributed by atoms with Gasteiger partial charge in [0.2, 0.25) is 5.91 Å². The Bertz CT molecular complexity index is 354. The van der Waals surface area contributed by atoms with Gasteiger partial charge in [0.05, 0.1) is 6.04 Å². The highest BCUT2D eigenvalue weighted by atomic mass is 16.2. The lowest BCUT2D eigenvalue weighted by molar-refractivity contribution is -0.122. The zero-order valence-electron chi connectivity index (χ0n) is 14.0. The van der Waals surface area contributed by atoms with Gasteiger partial charge in [0.25, 0.3) is 0 Å². The summed E-state index contributed by atoms with van der Waals surface area (Å²) in [4.78, 5) is 17.2. The molecule has 3 aliphatic rings. The first-order chi connectivity index (χ1) is 10.7. The molecular formula is C17H32N4O. The van der Waals surface area contributed by atoms with Crippen LogP contribution in [0.4, 0.5) is 0 Å². The molecule has 1 aliphatic carbocycles. The first-order valence-corrected chi connectivity index (χ1v) is 9.17. The molecule has 126 valence electrons. The van der Waals surface area contributed by atoms with Crippen molar-refractivity contribution in [3.05, 3.63) is 0 Å². The molecule has 5 heteroatoms. The predicted octanol–water partition coefficient (Wildman–Crippen LogP) is 0.661. The van der Waals surface area contributed by atoms with E-state index in [1.54, 1.807) is 0 Å². The second-order valence-electron chi connectivity index (χ2n) is 7.40. The molecule has 0 aromatic heterocycles. The van der Waals surface area contributed by atoms with E-state index in [0.29, 0.717) is 6.04 Å². The van der Waals surface area contributed by atoms with Crippen LogP contribution in [-0.4, -0.2) is 74.1 Å². The maximum absolute atomic E-state index is 12.3. The highest BCUT2D eigenvalue weighted by Gasteiger charge is 2.37. The Morgan fingerprint density at radius 1 is 1.18 bits per heavy atom. The van der Waals surface area contributed by atoms with E-state index in [2.05, 4.69) is 27.5 Å². The summed E-state index contributed by atoms with van der Waals surface area (Å²) in [5.41, 5.74) is 0. The van der Waals surface area contributed by atoms with Gasteiger partial charge < -0.3 is 20.4 Å². The van der Waals surface area contributed by atoms with E-state index in [1.807, 2.05) is 0 Å². The third-order valence-corrected chi connectivity index (χ3v) is 5.73. The number of hydrogen-bond acceptors (Lipinski definition) is 4. The molecule has 0 bridgehead atoms. The Balaban J connectivity index is 1.30. The Morgan fingerprint density at radius 3 is 2.73 bits per heavy atom. The minimum atomic E-state index is 0.0664. The maximum atomic E-state index is 12.3. The minimum absolute atomic E-state index is 0.0664. The monoisotopic (exact) mass is 308 g/mol. The van der Waals surface area contributed by atoms with Crippen molar-refractivity contribution in [2.24, 2.45) is 5.92 Å². The van der Waals surface area contributed by atoms with Crippen LogP contribution in [0, 0.1) is 5.92 Å². The van der Waals surface area contributed by atoms with E-state index < -0.39 is 0 Å². The Hall–Kier alpha value is -0.650. The number of carbonyl (C=O) groups is 1. The molecule has 3 rings (SSSR count). The number of nitrogens with one attached hydrogen (secondary N) is 2. The van der Waals surface area contributed by atoms with E-state index in [1.165, 1.54) is 38.8 Å². The maximum Gasteiger partial charge on any atom is 0.237 e. The fourth-order valence-electron chi connectivity index (χ4n) is 4.23. The third kappa shape index (κ3) is 4.21. The van der Waals surface area contributed by atoms with E-state index in [0.717, 1.165) is 44.9 Å². The normalized spacial score (nSPS) is 33.6. The van der Waals surface area contributed by atoms with Crippen molar-refractivity contribution >= 4 is 5.91 Å². The molecule has 0 aromatic rings.